The number of carbonyl (C=O) groups is 2. The van der Waals surface area contributed by atoms with Crippen molar-refractivity contribution < 1.29 is 14.3 Å². The quantitative estimate of drug-likeness (QED) is 0.803. The molecule has 0 saturated carbocycles. The van der Waals surface area contributed by atoms with Crippen molar-refractivity contribution in [3.05, 3.63) is 57.9 Å². The monoisotopic (exact) mass is 385 g/mol. The van der Waals surface area contributed by atoms with E-state index in [9.17, 15) is 9.59 Å². The molecule has 1 fully saturated rings. The van der Waals surface area contributed by atoms with Gasteiger partial charge in [0.1, 0.15) is 11.4 Å². The lowest BCUT2D eigenvalue weighted by Crippen LogP contribution is -2.49. The van der Waals surface area contributed by atoms with Crippen LogP contribution in [0.5, 0.6) is 5.75 Å². The van der Waals surface area contributed by atoms with E-state index in [0.717, 1.165) is 18.0 Å². The van der Waals surface area contributed by atoms with Gasteiger partial charge >= 0.3 is 0 Å². The highest BCUT2D eigenvalue weighted by Crippen LogP contribution is 2.16. The summed E-state index contributed by atoms with van der Waals surface area (Å²) in [6.45, 7) is 2.94. The number of methoxy groups -OCH3 is 1. The Kier molecular flexibility index (Phi) is 6.26. The lowest BCUT2D eigenvalue weighted by Gasteiger charge is -2.33. The van der Waals surface area contributed by atoms with Crippen LogP contribution in [0.4, 0.5) is 0 Å². The highest BCUT2D eigenvalue weighted by atomic mass is 32.1. The number of hydrogen-bond donors (Lipinski definition) is 1. The molecule has 2 heterocycles. The maximum Gasteiger partial charge on any atom is 0.270 e. The summed E-state index contributed by atoms with van der Waals surface area (Å²) >= 11 is 1.52. The van der Waals surface area contributed by atoms with E-state index in [2.05, 4.69) is 10.2 Å². The molecule has 0 radical (unpaired) electrons. The summed E-state index contributed by atoms with van der Waals surface area (Å²) in [6.07, 6.45) is 1.74. The highest BCUT2D eigenvalue weighted by molar-refractivity contribution is 7.10. The average molecular weight is 385 g/mol. The minimum absolute atomic E-state index is 0.154. The van der Waals surface area contributed by atoms with Crippen LogP contribution in [0, 0.1) is 0 Å². The Morgan fingerprint density at radius 2 is 1.81 bits per heavy atom. The van der Waals surface area contributed by atoms with E-state index in [1.165, 1.54) is 11.3 Å². The third-order valence-corrected chi connectivity index (χ3v) is 5.27. The Hall–Kier alpha value is -2.64. The summed E-state index contributed by atoms with van der Waals surface area (Å²) in [5.74, 6) is 0.204. The van der Waals surface area contributed by atoms with Crippen molar-refractivity contribution in [3.63, 3.8) is 0 Å². The van der Waals surface area contributed by atoms with Crippen LogP contribution in [0.1, 0.15) is 15.2 Å². The number of hydrogen-bond acceptors (Lipinski definition) is 5. The molecule has 7 heteroatoms. The van der Waals surface area contributed by atoms with Gasteiger partial charge in [0.25, 0.3) is 11.8 Å². The van der Waals surface area contributed by atoms with E-state index in [-0.39, 0.29) is 11.8 Å². The maximum absolute atomic E-state index is 13.0. The van der Waals surface area contributed by atoms with E-state index >= 15 is 0 Å². The predicted octanol–water partition coefficient (Wildman–Crippen LogP) is 2.30. The zero-order valence-electron chi connectivity index (χ0n) is 15.5. The Morgan fingerprint density at radius 1 is 1.11 bits per heavy atom. The first-order chi connectivity index (χ1) is 13.1. The number of amides is 2. The molecular formula is C20H23N3O3S. The normalized spacial score (nSPS) is 15.5. The number of likely N-dealkylation sites (N-methyl/N-ethyl adjacent to an activating group) is 1. The van der Waals surface area contributed by atoms with Gasteiger partial charge in [0.05, 0.1) is 7.11 Å². The van der Waals surface area contributed by atoms with Crippen LogP contribution in [0.15, 0.2) is 47.5 Å². The smallest absolute Gasteiger partial charge is 0.270 e. The van der Waals surface area contributed by atoms with Crippen molar-refractivity contribution >= 4 is 29.2 Å². The minimum Gasteiger partial charge on any atom is -0.497 e. The Morgan fingerprint density at radius 3 is 2.41 bits per heavy atom. The first-order valence-electron chi connectivity index (χ1n) is 8.75. The Labute approximate surface area is 163 Å². The number of benzene rings is 1. The summed E-state index contributed by atoms with van der Waals surface area (Å²) in [5.41, 5.74) is 0.766. The average Bonchev–Trinajstić information content (AvgIpc) is 3.20. The van der Waals surface area contributed by atoms with Crippen LogP contribution in [-0.2, 0) is 4.79 Å². The molecule has 2 amide bonds. The van der Waals surface area contributed by atoms with Crippen molar-refractivity contribution in [2.75, 3.05) is 40.3 Å². The molecule has 1 saturated heterocycles. The fourth-order valence-electron chi connectivity index (χ4n) is 2.78. The van der Waals surface area contributed by atoms with Crippen LogP contribution in [-0.4, -0.2) is 62.0 Å². The molecule has 6 nitrogen and oxygen atoms in total. The van der Waals surface area contributed by atoms with Gasteiger partial charge in [-0.2, -0.15) is 0 Å². The summed E-state index contributed by atoms with van der Waals surface area (Å²) in [6, 6.07) is 10.6. The van der Waals surface area contributed by atoms with E-state index in [1.807, 2.05) is 24.6 Å². The highest BCUT2D eigenvalue weighted by Gasteiger charge is 2.24. The molecule has 0 unspecified atom stereocenters. The molecule has 0 spiro atoms. The summed E-state index contributed by atoms with van der Waals surface area (Å²) in [7, 11) is 3.61. The lowest BCUT2D eigenvalue weighted by molar-refractivity contribution is -0.128. The van der Waals surface area contributed by atoms with Crippen molar-refractivity contribution in [3.8, 4) is 5.75 Å². The molecule has 0 bridgehead atoms. The lowest BCUT2D eigenvalue weighted by atomic mass is 10.2. The van der Waals surface area contributed by atoms with Crippen molar-refractivity contribution in [2.24, 2.45) is 0 Å². The molecule has 1 aliphatic rings. The number of thiophene rings is 1. The van der Waals surface area contributed by atoms with E-state index in [1.54, 1.807) is 42.4 Å². The Bertz CT molecular complexity index is 808. The molecule has 27 heavy (non-hydrogen) atoms. The second-order valence-corrected chi connectivity index (χ2v) is 7.33. The molecule has 1 N–H and O–H groups in total. The number of rotatable bonds is 5. The van der Waals surface area contributed by atoms with Crippen molar-refractivity contribution in [1.82, 2.24) is 15.1 Å². The Balaban J connectivity index is 1.79. The molecule has 1 aromatic heterocycles. The third-order valence-electron chi connectivity index (χ3n) is 4.45. The van der Waals surface area contributed by atoms with Crippen LogP contribution >= 0.6 is 11.3 Å². The predicted molar refractivity (Wildman–Crippen MR) is 107 cm³/mol. The summed E-state index contributed by atoms with van der Waals surface area (Å²) < 4.78 is 5.12. The number of nitrogens with one attached hydrogen (secondary N) is 1. The van der Waals surface area contributed by atoms with Crippen LogP contribution in [0.3, 0.4) is 0 Å². The molecule has 1 aromatic carbocycles. The number of piperazine rings is 1. The second kappa shape index (κ2) is 8.83. The van der Waals surface area contributed by atoms with E-state index < -0.39 is 0 Å². The first-order valence-corrected chi connectivity index (χ1v) is 9.63. The van der Waals surface area contributed by atoms with Crippen molar-refractivity contribution in [2.45, 2.75) is 0 Å². The zero-order chi connectivity index (χ0) is 19.2. The molecule has 142 valence electrons. The van der Waals surface area contributed by atoms with Crippen LogP contribution in [0.2, 0.25) is 0 Å². The zero-order valence-corrected chi connectivity index (χ0v) is 16.3. The summed E-state index contributed by atoms with van der Waals surface area (Å²) in [4.78, 5) is 30.5. The van der Waals surface area contributed by atoms with Crippen LogP contribution in [0.25, 0.3) is 6.08 Å². The topological polar surface area (TPSA) is 61.9 Å². The van der Waals surface area contributed by atoms with Gasteiger partial charge in [0.15, 0.2) is 0 Å². The first kappa shape index (κ1) is 19.1. The van der Waals surface area contributed by atoms with Crippen molar-refractivity contribution in [1.29, 1.82) is 0 Å². The van der Waals surface area contributed by atoms with Gasteiger partial charge in [-0.25, -0.2) is 0 Å². The molecule has 0 aliphatic carbocycles. The second-order valence-electron chi connectivity index (χ2n) is 6.35. The number of carbonyl (C=O) groups excluding carboxylic acids is 2. The fraction of sp³-hybridized carbons (Fsp3) is 0.300. The van der Waals surface area contributed by atoms with Gasteiger partial charge in [0, 0.05) is 36.6 Å². The van der Waals surface area contributed by atoms with Gasteiger partial charge in [-0.15, -0.1) is 11.3 Å². The fourth-order valence-corrected chi connectivity index (χ4v) is 3.44. The van der Waals surface area contributed by atoms with Gasteiger partial charge in [-0.1, -0.05) is 6.07 Å². The van der Waals surface area contributed by atoms with Gasteiger partial charge < -0.3 is 19.9 Å². The maximum atomic E-state index is 13.0. The third kappa shape index (κ3) is 4.96. The SMILES string of the molecule is COc1ccc(C(=O)N/C(=C/c2cccs2)C(=O)N2CCN(C)CC2)cc1. The van der Waals surface area contributed by atoms with E-state index in [4.69, 9.17) is 4.74 Å². The molecule has 3 rings (SSSR count). The standard InChI is InChI=1S/C20H23N3O3S/c1-22-9-11-23(12-10-22)20(25)18(14-17-4-3-13-27-17)21-19(24)15-5-7-16(26-2)8-6-15/h3-8,13-14H,9-12H2,1-2H3,(H,21,24)/b18-14+. The number of ether oxygens (including phenoxy) is 1. The van der Waals surface area contributed by atoms with Gasteiger partial charge in [0.2, 0.25) is 0 Å². The van der Waals surface area contributed by atoms with E-state index in [0.29, 0.717) is 30.1 Å². The number of nitrogens with zero attached hydrogens (tertiary/aromatic N) is 2. The van der Waals surface area contributed by atoms with Gasteiger partial charge in [-0.3, -0.25) is 9.59 Å². The molecule has 1 aliphatic heterocycles. The molecular weight excluding hydrogens is 362 g/mol. The molecule has 2 aromatic rings. The largest absolute Gasteiger partial charge is 0.497 e. The summed E-state index contributed by atoms with van der Waals surface area (Å²) in [5, 5.41) is 4.74. The van der Waals surface area contributed by atoms with Crippen LogP contribution < -0.4 is 10.1 Å². The van der Waals surface area contributed by atoms with Gasteiger partial charge in [-0.05, 0) is 48.8 Å². The molecule has 0 atom stereocenters. The minimum atomic E-state index is -0.317.